The average Bonchev–Trinajstić information content (AvgIpc) is 2.70. The van der Waals surface area contributed by atoms with Crippen LogP contribution in [-0.4, -0.2) is 5.71 Å². The summed E-state index contributed by atoms with van der Waals surface area (Å²) in [5.41, 5.74) is 4.14. The molecule has 2 heteroatoms. The van der Waals surface area contributed by atoms with Crippen LogP contribution in [0.2, 0.25) is 0 Å². The molecule has 0 radical (unpaired) electrons. The van der Waals surface area contributed by atoms with Crippen molar-refractivity contribution in [3.63, 3.8) is 0 Å². The van der Waals surface area contributed by atoms with Gasteiger partial charge in [0.1, 0.15) is 5.76 Å². The van der Waals surface area contributed by atoms with Crippen LogP contribution in [0.5, 0.6) is 0 Å². The molecular formula is C22H17NO. The van der Waals surface area contributed by atoms with Crippen molar-refractivity contribution in [1.82, 2.24) is 0 Å². The number of ether oxygens (including phenoxy) is 1. The smallest absolute Gasteiger partial charge is 0.216 e. The van der Waals surface area contributed by atoms with Crippen molar-refractivity contribution in [2.24, 2.45) is 4.99 Å². The zero-order valence-electron chi connectivity index (χ0n) is 13.2. The van der Waals surface area contributed by atoms with Gasteiger partial charge in [0.25, 0.3) is 0 Å². The predicted molar refractivity (Wildman–Crippen MR) is 97.7 cm³/mol. The number of hydrogen-bond donors (Lipinski definition) is 0. The highest BCUT2D eigenvalue weighted by Gasteiger charge is 2.20. The van der Waals surface area contributed by atoms with Gasteiger partial charge in [0.2, 0.25) is 6.23 Å². The minimum atomic E-state index is -0.332. The molecular weight excluding hydrogens is 294 g/mol. The van der Waals surface area contributed by atoms with Gasteiger partial charge in [0.15, 0.2) is 0 Å². The molecule has 0 spiro atoms. The fourth-order valence-electron chi connectivity index (χ4n) is 2.75. The van der Waals surface area contributed by atoms with Gasteiger partial charge in [0.05, 0.1) is 5.71 Å². The molecule has 2 nitrogen and oxygen atoms in total. The first-order valence-corrected chi connectivity index (χ1v) is 8.02. The third kappa shape index (κ3) is 2.99. The quantitative estimate of drug-likeness (QED) is 0.647. The molecule has 0 amide bonds. The monoisotopic (exact) mass is 311 g/mol. The molecule has 0 aliphatic carbocycles. The molecule has 0 aromatic heterocycles. The van der Waals surface area contributed by atoms with Crippen LogP contribution in [0.4, 0.5) is 0 Å². The van der Waals surface area contributed by atoms with Crippen LogP contribution in [0.3, 0.4) is 0 Å². The Bertz CT molecular complexity index is 868. The first-order chi connectivity index (χ1) is 11.9. The van der Waals surface area contributed by atoms with E-state index < -0.39 is 0 Å². The molecule has 1 unspecified atom stereocenters. The number of rotatable bonds is 3. The Hall–Kier alpha value is -3.13. The summed E-state index contributed by atoms with van der Waals surface area (Å²) in [5.74, 6) is 0.846. The fraction of sp³-hybridized carbons (Fsp3) is 0.0455. The molecule has 24 heavy (non-hydrogen) atoms. The normalized spacial score (nSPS) is 16.8. The predicted octanol–water partition coefficient (Wildman–Crippen LogP) is 5.25. The van der Waals surface area contributed by atoms with E-state index in [9.17, 15) is 0 Å². The summed E-state index contributed by atoms with van der Waals surface area (Å²) < 4.78 is 6.18. The Morgan fingerprint density at radius 2 is 1.17 bits per heavy atom. The summed E-state index contributed by atoms with van der Waals surface area (Å²) in [4.78, 5) is 4.82. The maximum atomic E-state index is 6.18. The maximum absolute atomic E-state index is 6.18. The van der Waals surface area contributed by atoms with Crippen molar-refractivity contribution in [3.05, 3.63) is 114 Å². The molecule has 0 saturated carbocycles. The lowest BCUT2D eigenvalue weighted by Gasteiger charge is -2.23. The topological polar surface area (TPSA) is 21.6 Å². The summed E-state index contributed by atoms with van der Waals surface area (Å²) in [7, 11) is 0. The van der Waals surface area contributed by atoms with Crippen molar-refractivity contribution in [2.75, 3.05) is 0 Å². The van der Waals surface area contributed by atoms with Gasteiger partial charge in [-0.3, -0.25) is 0 Å². The van der Waals surface area contributed by atoms with Gasteiger partial charge in [-0.25, -0.2) is 4.99 Å². The zero-order chi connectivity index (χ0) is 16.2. The number of aliphatic imine (C=N–C) groups is 1. The number of hydrogen-bond acceptors (Lipinski definition) is 2. The summed E-state index contributed by atoms with van der Waals surface area (Å²) in [5, 5.41) is 0. The lowest BCUT2D eigenvalue weighted by atomic mass is 10.0. The van der Waals surface area contributed by atoms with Crippen LogP contribution in [0, 0.1) is 0 Å². The lowest BCUT2D eigenvalue weighted by molar-refractivity contribution is 0.176. The van der Waals surface area contributed by atoms with Crippen LogP contribution in [0.1, 0.15) is 22.9 Å². The maximum Gasteiger partial charge on any atom is 0.216 e. The first kappa shape index (κ1) is 14.5. The largest absolute Gasteiger partial charge is 0.464 e. The Morgan fingerprint density at radius 3 is 1.79 bits per heavy atom. The molecule has 3 aromatic rings. The highest BCUT2D eigenvalue weighted by Crippen LogP contribution is 2.31. The zero-order valence-corrected chi connectivity index (χ0v) is 13.2. The van der Waals surface area contributed by atoms with E-state index in [4.69, 9.17) is 9.73 Å². The number of allylic oxidation sites excluding steroid dienone is 1. The van der Waals surface area contributed by atoms with Crippen molar-refractivity contribution in [2.45, 2.75) is 6.23 Å². The van der Waals surface area contributed by atoms with E-state index in [1.54, 1.807) is 0 Å². The highest BCUT2D eigenvalue weighted by atomic mass is 16.5. The molecule has 1 atom stereocenters. The van der Waals surface area contributed by atoms with Crippen LogP contribution in [-0.2, 0) is 4.74 Å². The second kappa shape index (κ2) is 6.55. The average molecular weight is 311 g/mol. The number of benzene rings is 3. The Morgan fingerprint density at radius 1 is 0.625 bits per heavy atom. The van der Waals surface area contributed by atoms with Gasteiger partial charge in [-0.05, 0) is 5.56 Å². The lowest BCUT2D eigenvalue weighted by Crippen LogP contribution is -2.12. The van der Waals surface area contributed by atoms with E-state index in [1.807, 2.05) is 72.8 Å². The van der Waals surface area contributed by atoms with E-state index in [0.717, 1.165) is 28.2 Å². The van der Waals surface area contributed by atoms with Crippen molar-refractivity contribution < 1.29 is 4.74 Å². The third-order valence-corrected chi connectivity index (χ3v) is 3.98. The van der Waals surface area contributed by atoms with E-state index in [0.29, 0.717) is 0 Å². The summed E-state index contributed by atoms with van der Waals surface area (Å²) in [6.45, 7) is 0. The van der Waals surface area contributed by atoms with Gasteiger partial charge >= 0.3 is 0 Å². The van der Waals surface area contributed by atoms with E-state index >= 15 is 0 Å². The van der Waals surface area contributed by atoms with Crippen LogP contribution >= 0.6 is 0 Å². The Balaban J connectivity index is 1.79. The molecule has 0 fully saturated rings. The molecule has 3 aromatic carbocycles. The highest BCUT2D eigenvalue weighted by molar-refractivity contribution is 6.12. The van der Waals surface area contributed by atoms with E-state index in [2.05, 4.69) is 24.3 Å². The van der Waals surface area contributed by atoms with Crippen LogP contribution in [0.15, 0.2) is 102 Å². The molecule has 1 heterocycles. The van der Waals surface area contributed by atoms with Crippen molar-refractivity contribution >= 4 is 11.5 Å². The minimum absolute atomic E-state index is 0.332. The number of nitrogens with zero attached hydrogens (tertiary/aromatic N) is 1. The van der Waals surface area contributed by atoms with E-state index in [-0.39, 0.29) is 6.23 Å². The fourth-order valence-corrected chi connectivity index (χ4v) is 2.75. The van der Waals surface area contributed by atoms with Crippen molar-refractivity contribution in [3.8, 4) is 0 Å². The molecule has 4 rings (SSSR count). The van der Waals surface area contributed by atoms with Gasteiger partial charge in [-0.2, -0.15) is 0 Å². The van der Waals surface area contributed by atoms with Gasteiger partial charge < -0.3 is 4.74 Å². The van der Waals surface area contributed by atoms with Crippen LogP contribution in [0.25, 0.3) is 5.76 Å². The molecule has 116 valence electrons. The standard InChI is InChI=1S/C22H17NO/c1-4-10-17(11-5-1)20-16-21(18-12-6-2-7-13-18)24-22(23-20)19-14-8-3-9-15-19/h1-16,22H. The Labute approximate surface area is 141 Å². The molecule has 1 aliphatic heterocycles. The van der Waals surface area contributed by atoms with Gasteiger partial charge in [-0.15, -0.1) is 0 Å². The SMILES string of the molecule is C1=C(c2ccccc2)OC(c2ccccc2)N=C1c1ccccc1. The summed E-state index contributed by atoms with van der Waals surface area (Å²) in [6.07, 6.45) is 1.69. The van der Waals surface area contributed by atoms with Crippen molar-refractivity contribution in [1.29, 1.82) is 0 Å². The second-order valence-electron chi connectivity index (χ2n) is 5.64. The third-order valence-electron chi connectivity index (χ3n) is 3.98. The molecule has 1 aliphatic rings. The van der Waals surface area contributed by atoms with Gasteiger partial charge in [-0.1, -0.05) is 91.0 Å². The molecule has 0 N–H and O–H groups in total. The van der Waals surface area contributed by atoms with E-state index in [1.165, 1.54) is 0 Å². The molecule has 0 saturated heterocycles. The molecule has 0 bridgehead atoms. The first-order valence-electron chi connectivity index (χ1n) is 8.02. The van der Waals surface area contributed by atoms with Gasteiger partial charge in [0, 0.05) is 17.2 Å². The Kier molecular flexibility index (Phi) is 3.95. The second-order valence-corrected chi connectivity index (χ2v) is 5.64. The van der Waals surface area contributed by atoms with Crippen LogP contribution < -0.4 is 0 Å². The minimum Gasteiger partial charge on any atom is -0.464 e. The summed E-state index contributed by atoms with van der Waals surface area (Å²) in [6, 6.07) is 30.5. The summed E-state index contributed by atoms with van der Waals surface area (Å²) >= 11 is 0.